The monoisotopic (exact) mass is 370 g/mol. The van der Waals surface area contributed by atoms with E-state index in [1.807, 2.05) is 6.07 Å². The fourth-order valence-electron chi connectivity index (χ4n) is 4.00. The number of halogens is 1. The van der Waals surface area contributed by atoms with E-state index in [4.69, 9.17) is 11.5 Å². The number of nitrogens with zero attached hydrogens (tertiary/aromatic N) is 4. The summed E-state index contributed by atoms with van der Waals surface area (Å²) in [5, 5.41) is 0. The molecule has 7 heteroatoms. The van der Waals surface area contributed by atoms with Gasteiger partial charge in [0.1, 0.15) is 11.6 Å². The normalized spacial score (nSPS) is 23.7. The molecule has 2 heterocycles. The molecule has 2 fully saturated rings. The second kappa shape index (κ2) is 7.78. The SMILES string of the molecule is Nc1nc(C2CC(N)C2)cc(N2CCCN(Cc3cccc(F)c3)CC2)n1. The van der Waals surface area contributed by atoms with Gasteiger partial charge in [0.05, 0.1) is 5.69 Å². The van der Waals surface area contributed by atoms with Crippen LogP contribution < -0.4 is 16.4 Å². The Labute approximate surface area is 159 Å². The standard InChI is InChI=1S/C20H27FN6/c21-16-4-1-3-14(9-16)13-26-5-2-6-27(8-7-26)19-12-18(24-20(23)25-19)15-10-17(22)11-15/h1,3-4,9,12,15,17H,2,5-8,10-11,13,22H2,(H2,23,24,25). The maximum atomic E-state index is 13.4. The molecule has 0 amide bonds. The predicted octanol–water partition coefficient (Wildman–Crippen LogP) is 2.11. The van der Waals surface area contributed by atoms with Crippen molar-refractivity contribution >= 4 is 11.8 Å². The average Bonchev–Trinajstić information content (AvgIpc) is 2.84. The van der Waals surface area contributed by atoms with E-state index in [1.54, 1.807) is 12.1 Å². The minimum Gasteiger partial charge on any atom is -0.368 e. The molecule has 1 aliphatic heterocycles. The molecule has 6 nitrogen and oxygen atoms in total. The molecule has 0 spiro atoms. The molecule has 2 aliphatic rings. The zero-order valence-electron chi connectivity index (χ0n) is 15.5. The van der Waals surface area contributed by atoms with Crippen LogP contribution in [0.4, 0.5) is 16.2 Å². The molecular formula is C20H27FN6. The fraction of sp³-hybridized carbons (Fsp3) is 0.500. The van der Waals surface area contributed by atoms with Crippen molar-refractivity contribution in [2.75, 3.05) is 36.8 Å². The Morgan fingerprint density at radius 3 is 2.70 bits per heavy atom. The third-order valence-electron chi connectivity index (χ3n) is 5.55. The lowest BCUT2D eigenvalue weighted by atomic mass is 9.78. The quantitative estimate of drug-likeness (QED) is 0.858. The van der Waals surface area contributed by atoms with Crippen LogP contribution in [0, 0.1) is 5.82 Å². The van der Waals surface area contributed by atoms with Gasteiger partial charge in [-0.3, -0.25) is 4.90 Å². The molecule has 2 aromatic rings. The van der Waals surface area contributed by atoms with Crippen molar-refractivity contribution in [3.8, 4) is 0 Å². The molecule has 144 valence electrons. The van der Waals surface area contributed by atoms with Crippen molar-refractivity contribution in [2.24, 2.45) is 5.73 Å². The van der Waals surface area contributed by atoms with Crippen LogP contribution in [0.1, 0.15) is 36.4 Å². The molecule has 0 atom stereocenters. The summed E-state index contributed by atoms with van der Waals surface area (Å²) in [7, 11) is 0. The van der Waals surface area contributed by atoms with Crippen LogP contribution in [0.15, 0.2) is 30.3 Å². The van der Waals surface area contributed by atoms with Gasteiger partial charge in [-0.25, -0.2) is 9.37 Å². The fourth-order valence-corrected chi connectivity index (χ4v) is 4.00. The molecule has 27 heavy (non-hydrogen) atoms. The van der Waals surface area contributed by atoms with Crippen LogP contribution in [0.25, 0.3) is 0 Å². The number of nitrogens with two attached hydrogens (primary N) is 2. The van der Waals surface area contributed by atoms with E-state index in [0.29, 0.717) is 11.9 Å². The smallest absolute Gasteiger partial charge is 0.222 e. The molecule has 1 aliphatic carbocycles. The highest BCUT2D eigenvalue weighted by molar-refractivity contribution is 5.45. The minimum absolute atomic E-state index is 0.177. The van der Waals surface area contributed by atoms with Gasteiger partial charge in [0.2, 0.25) is 5.95 Å². The zero-order chi connectivity index (χ0) is 18.8. The van der Waals surface area contributed by atoms with Gasteiger partial charge >= 0.3 is 0 Å². The summed E-state index contributed by atoms with van der Waals surface area (Å²) in [6.45, 7) is 4.46. The molecule has 0 radical (unpaired) electrons. The first-order valence-electron chi connectivity index (χ1n) is 9.68. The summed E-state index contributed by atoms with van der Waals surface area (Å²) in [6.07, 6.45) is 2.97. The molecule has 4 rings (SSSR count). The van der Waals surface area contributed by atoms with E-state index in [2.05, 4.69) is 25.8 Å². The summed E-state index contributed by atoms with van der Waals surface area (Å²) >= 11 is 0. The second-order valence-corrected chi connectivity index (χ2v) is 7.68. The number of benzene rings is 1. The molecule has 1 saturated heterocycles. The first-order valence-corrected chi connectivity index (χ1v) is 9.68. The average molecular weight is 370 g/mol. The third kappa shape index (κ3) is 4.36. The summed E-state index contributed by atoms with van der Waals surface area (Å²) in [6, 6.07) is 9.21. The third-order valence-corrected chi connectivity index (χ3v) is 5.55. The number of aromatic nitrogens is 2. The predicted molar refractivity (Wildman–Crippen MR) is 105 cm³/mol. The Kier molecular flexibility index (Phi) is 5.22. The number of hydrogen-bond acceptors (Lipinski definition) is 6. The van der Waals surface area contributed by atoms with E-state index in [-0.39, 0.29) is 11.9 Å². The summed E-state index contributed by atoms with van der Waals surface area (Å²) in [4.78, 5) is 13.5. The number of nitrogen functional groups attached to an aromatic ring is 1. The van der Waals surface area contributed by atoms with Gasteiger partial charge in [-0.2, -0.15) is 4.98 Å². The molecule has 4 N–H and O–H groups in total. The molecule has 1 saturated carbocycles. The lowest BCUT2D eigenvalue weighted by Gasteiger charge is -2.32. The number of hydrogen-bond donors (Lipinski definition) is 2. The van der Waals surface area contributed by atoms with Crippen LogP contribution in [0.2, 0.25) is 0 Å². The molecule has 1 aromatic heterocycles. The van der Waals surface area contributed by atoms with E-state index in [1.165, 1.54) is 6.07 Å². The van der Waals surface area contributed by atoms with Gasteiger partial charge in [-0.05, 0) is 37.0 Å². The number of rotatable bonds is 4. The summed E-state index contributed by atoms with van der Waals surface area (Å²) in [5.41, 5.74) is 13.9. The highest BCUT2D eigenvalue weighted by Gasteiger charge is 2.29. The Balaban J connectivity index is 1.42. The maximum absolute atomic E-state index is 13.4. The van der Waals surface area contributed by atoms with Gasteiger partial charge in [0, 0.05) is 50.7 Å². The second-order valence-electron chi connectivity index (χ2n) is 7.68. The van der Waals surface area contributed by atoms with E-state index in [9.17, 15) is 4.39 Å². The van der Waals surface area contributed by atoms with Crippen molar-refractivity contribution in [2.45, 2.75) is 37.8 Å². The van der Waals surface area contributed by atoms with Gasteiger partial charge in [0.25, 0.3) is 0 Å². The van der Waals surface area contributed by atoms with Crippen molar-refractivity contribution < 1.29 is 4.39 Å². The van der Waals surface area contributed by atoms with E-state index >= 15 is 0 Å². The number of anilines is 2. The first-order chi connectivity index (χ1) is 13.1. The van der Waals surface area contributed by atoms with E-state index < -0.39 is 0 Å². The van der Waals surface area contributed by atoms with Crippen LogP contribution in [0.5, 0.6) is 0 Å². The minimum atomic E-state index is -0.177. The highest BCUT2D eigenvalue weighted by Crippen LogP contribution is 2.36. The van der Waals surface area contributed by atoms with Crippen LogP contribution in [0.3, 0.4) is 0 Å². The topological polar surface area (TPSA) is 84.3 Å². The van der Waals surface area contributed by atoms with Crippen molar-refractivity contribution in [1.29, 1.82) is 0 Å². The molecule has 1 aromatic carbocycles. The Bertz CT molecular complexity index is 792. The van der Waals surface area contributed by atoms with Crippen LogP contribution in [-0.2, 0) is 6.54 Å². The van der Waals surface area contributed by atoms with Crippen LogP contribution >= 0.6 is 0 Å². The lowest BCUT2D eigenvalue weighted by Crippen LogP contribution is -2.35. The molecular weight excluding hydrogens is 343 g/mol. The van der Waals surface area contributed by atoms with Gasteiger partial charge < -0.3 is 16.4 Å². The maximum Gasteiger partial charge on any atom is 0.222 e. The first kappa shape index (κ1) is 18.1. The summed E-state index contributed by atoms with van der Waals surface area (Å²) < 4.78 is 13.4. The van der Waals surface area contributed by atoms with Gasteiger partial charge in [-0.15, -0.1) is 0 Å². The lowest BCUT2D eigenvalue weighted by molar-refractivity contribution is 0.285. The van der Waals surface area contributed by atoms with Crippen molar-refractivity contribution in [1.82, 2.24) is 14.9 Å². The molecule has 0 bridgehead atoms. The van der Waals surface area contributed by atoms with Gasteiger partial charge in [-0.1, -0.05) is 12.1 Å². The highest BCUT2D eigenvalue weighted by atomic mass is 19.1. The van der Waals surface area contributed by atoms with E-state index in [0.717, 1.165) is 69.1 Å². The van der Waals surface area contributed by atoms with Crippen molar-refractivity contribution in [3.63, 3.8) is 0 Å². The Hall–Kier alpha value is -2.25. The largest absolute Gasteiger partial charge is 0.368 e. The van der Waals surface area contributed by atoms with Crippen LogP contribution in [-0.4, -0.2) is 47.1 Å². The zero-order valence-corrected chi connectivity index (χ0v) is 15.5. The Morgan fingerprint density at radius 2 is 1.93 bits per heavy atom. The molecule has 0 unspecified atom stereocenters. The summed E-state index contributed by atoms with van der Waals surface area (Å²) in [5.74, 6) is 1.47. The van der Waals surface area contributed by atoms with Crippen molar-refractivity contribution in [3.05, 3.63) is 47.4 Å². The van der Waals surface area contributed by atoms with Gasteiger partial charge in [0.15, 0.2) is 0 Å². The Morgan fingerprint density at radius 1 is 1.07 bits per heavy atom.